The Morgan fingerprint density at radius 2 is 2.32 bits per heavy atom. The van der Waals surface area contributed by atoms with E-state index in [1.807, 2.05) is 31.2 Å². The van der Waals surface area contributed by atoms with Crippen molar-refractivity contribution in [2.24, 2.45) is 0 Å². The van der Waals surface area contributed by atoms with Crippen molar-refractivity contribution in [1.29, 1.82) is 0 Å². The van der Waals surface area contributed by atoms with Crippen LogP contribution in [0.1, 0.15) is 17.3 Å². The number of furan rings is 2. The lowest BCUT2D eigenvalue weighted by Crippen LogP contribution is -2.31. The number of carbonyl (C=O) groups is 1. The van der Waals surface area contributed by atoms with E-state index in [-0.39, 0.29) is 11.9 Å². The normalized spacial score (nSPS) is 20.0. The first kappa shape index (κ1) is 15.2. The smallest absolute Gasteiger partial charge is 0.238 e. The van der Waals surface area contributed by atoms with Gasteiger partial charge in [-0.2, -0.15) is 11.8 Å². The molecule has 2 aromatic heterocycles. The van der Waals surface area contributed by atoms with Gasteiger partial charge >= 0.3 is 0 Å². The molecule has 0 radical (unpaired) electrons. The van der Waals surface area contributed by atoms with Gasteiger partial charge in [0, 0.05) is 18.8 Å². The molecule has 0 aliphatic carbocycles. The van der Waals surface area contributed by atoms with E-state index < -0.39 is 0 Å². The molecule has 1 N–H and O–H groups in total. The lowest BCUT2D eigenvalue weighted by atomic mass is 10.4. The summed E-state index contributed by atoms with van der Waals surface area (Å²) in [6, 6.07) is 7.77. The summed E-state index contributed by atoms with van der Waals surface area (Å²) >= 11 is 1.75. The predicted octanol–water partition coefficient (Wildman–Crippen LogP) is 2.41. The molecule has 2 atom stereocenters. The molecule has 3 heterocycles. The average Bonchev–Trinajstić information content (AvgIpc) is 2.87. The van der Waals surface area contributed by atoms with Crippen LogP contribution in [-0.4, -0.2) is 35.7 Å². The van der Waals surface area contributed by atoms with Crippen molar-refractivity contribution in [2.75, 3.05) is 18.8 Å². The Morgan fingerprint density at radius 3 is 3.05 bits per heavy atom. The molecule has 1 aliphatic rings. The van der Waals surface area contributed by atoms with Crippen LogP contribution in [0.15, 0.2) is 39.4 Å². The zero-order valence-corrected chi connectivity index (χ0v) is 13.4. The number of thioether (sulfide) groups is 1. The fourth-order valence-corrected chi connectivity index (χ4v) is 3.06. The number of aryl methyl sites for hydroxylation is 1. The minimum absolute atomic E-state index is 0.000444. The Hall–Kier alpha value is -1.66. The van der Waals surface area contributed by atoms with Crippen LogP contribution >= 0.6 is 11.8 Å². The van der Waals surface area contributed by atoms with E-state index in [0.29, 0.717) is 13.1 Å². The zero-order chi connectivity index (χ0) is 15.4. The first-order valence-electron chi connectivity index (χ1n) is 7.39. The second-order valence-corrected chi connectivity index (χ2v) is 6.49. The van der Waals surface area contributed by atoms with Gasteiger partial charge in [-0.15, -0.1) is 0 Å². The topological polar surface area (TPSA) is 58.4 Å². The molecule has 5 nitrogen and oxygen atoms in total. The van der Waals surface area contributed by atoms with Crippen LogP contribution in [0, 0.1) is 6.92 Å². The summed E-state index contributed by atoms with van der Waals surface area (Å²) in [6.45, 7) is 4.13. The summed E-state index contributed by atoms with van der Waals surface area (Å²) in [5.41, 5.74) is 0. The van der Waals surface area contributed by atoms with Gasteiger partial charge in [0.1, 0.15) is 23.3 Å². The second kappa shape index (κ2) is 7.07. The molecule has 6 heteroatoms. The summed E-state index contributed by atoms with van der Waals surface area (Å²) in [5.74, 6) is 4.64. The molecule has 118 valence electrons. The molecule has 2 aromatic rings. The van der Waals surface area contributed by atoms with Crippen molar-refractivity contribution in [3.05, 3.63) is 47.8 Å². The quantitative estimate of drug-likeness (QED) is 0.598. The lowest BCUT2D eigenvalue weighted by molar-refractivity contribution is -0.121. The van der Waals surface area contributed by atoms with Crippen molar-refractivity contribution >= 4 is 17.7 Å². The Kier molecular flexibility index (Phi) is 4.90. The average molecular weight is 320 g/mol. The van der Waals surface area contributed by atoms with E-state index in [1.165, 1.54) is 0 Å². The number of hydrogen-bond donors (Lipinski definition) is 1. The van der Waals surface area contributed by atoms with Crippen LogP contribution in [0.3, 0.4) is 0 Å². The lowest BCUT2D eigenvalue weighted by Gasteiger charge is -2.05. The summed E-state index contributed by atoms with van der Waals surface area (Å²) in [7, 11) is 0. The van der Waals surface area contributed by atoms with E-state index in [4.69, 9.17) is 8.83 Å². The molecule has 22 heavy (non-hydrogen) atoms. The van der Waals surface area contributed by atoms with Crippen molar-refractivity contribution in [1.82, 2.24) is 10.2 Å². The van der Waals surface area contributed by atoms with Gasteiger partial charge in [0.05, 0.1) is 18.6 Å². The number of hydrogen-bond acceptors (Lipinski definition) is 5. The van der Waals surface area contributed by atoms with Crippen LogP contribution in [0.25, 0.3) is 0 Å². The maximum Gasteiger partial charge on any atom is 0.238 e. The Morgan fingerprint density at radius 1 is 1.41 bits per heavy atom. The third kappa shape index (κ3) is 4.18. The van der Waals surface area contributed by atoms with Crippen molar-refractivity contribution in [2.45, 2.75) is 25.3 Å². The van der Waals surface area contributed by atoms with Gasteiger partial charge in [0.15, 0.2) is 0 Å². The first-order valence-corrected chi connectivity index (χ1v) is 8.55. The van der Waals surface area contributed by atoms with Gasteiger partial charge in [-0.25, -0.2) is 0 Å². The SMILES string of the molecule is Cc1ccc(CN2CC2C(=O)NCCSCc2ccco2)o1. The standard InChI is InChI=1S/C16H20N2O3S/c1-12-4-5-13(21-12)9-18-10-15(18)16(19)17-6-8-22-11-14-3-2-7-20-14/h2-5,7,15H,6,8-11H2,1H3,(H,17,19). The Labute approximate surface area is 134 Å². The summed E-state index contributed by atoms with van der Waals surface area (Å²) < 4.78 is 10.8. The molecule has 0 bridgehead atoms. The Bertz CT molecular complexity index is 609. The fraction of sp³-hybridized carbons (Fsp3) is 0.438. The van der Waals surface area contributed by atoms with E-state index >= 15 is 0 Å². The van der Waals surface area contributed by atoms with E-state index in [2.05, 4.69) is 10.2 Å². The molecule has 1 aliphatic heterocycles. The van der Waals surface area contributed by atoms with Crippen LogP contribution in [0.4, 0.5) is 0 Å². The fourth-order valence-electron chi connectivity index (χ4n) is 2.30. The molecule has 1 amide bonds. The highest BCUT2D eigenvalue weighted by molar-refractivity contribution is 7.98. The van der Waals surface area contributed by atoms with Gasteiger partial charge in [0.25, 0.3) is 0 Å². The van der Waals surface area contributed by atoms with Crippen molar-refractivity contribution in [3.63, 3.8) is 0 Å². The molecule has 0 saturated carbocycles. The van der Waals surface area contributed by atoms with E-state index in [9.17, 15) is 4.79 Å². The highest BCUT2D eigenvalue weighted by atomic mass is 32.2. The first-order chi connectivity index (χ1) is 10.7. The van der Waals surface area contributed by atoms with Crippen LogP contribution < -0.4 is 5.32 Å². The minimum atomic E-state index is 0.000444. The summed E-state index contributed by atoms with van der Waals surface area (Å²) in [4.78, 5) is 14.1. The zero-order valence-electron chi connectivity index (χ0n) is 12.6. The number of amides is 1. The van der Waals surface area contributed by atoms with Crippen molar-refractivity contribution < 1.29 is 13.6 Å². The van der Waals surface area contributed by atoms with Crippen LogP contribution in [0.2, 0.25) is 0 Å². The molecular weight excluding hydrogens is 300 g/mol. The van der Waals surface area contributed by atoms with Gasteiger partial charge in [0.2, 0.25) is 5.91 Å². The largest absolute Gasteiger partial charge is 0.468 e. The third-order valence-corrected chi connectivity index (χ3v) is 4.52. The predicted molar refractivity (Wildman–Crippen MR) is 85.5 cm³/mol. The number of carbonyl (C=O) groups excluding carboxylic acids is 1. The van der Waals surface area contributed by atoms with Crippen LogP contribution in [-0.2, 0) is 17.1 Å². The molecule has 0 spiro atoms. The molecule has 3 rings (SSSR count). The maximum atomic E-state index is 12.0. The van der Waals surface area contributed by atoms with E-state index in [0.717, 1.165) is 35.3 Å². The second-order valence-electron chi connectivity index (χ2n) is 5.38. The monoisotopic (exact) mass is 320 g/mol. The van der Waals surface area contributed by atoms with Gasteiger partial charge in [-0.3, -0.25) is 9.69 Å². The number of rotatable bonds is 8. The van der Waals surface area contributed by atoms with Gasteiger partial charge < -0.3 is 14.2 Å². The highest BCUT2D eigenvalue weighted by Crippen LogP contribution is 2.22. The molecule has 2 unspecified atom stereocenters. The molecule has 1 saturated heterocycles. The number of nitrogens with one attached hydrogen (secondary N) is 1. The molecule has 1 fully saturated rings. The van der Waals surface area contributed by atoms with Crippen molar-refractivity contribution in [3.8, 4) is 0 Å². The van der Waals surface area contributed by atoms with Crippen LogP contribution in [0.5, 0.6) is 0 Å². The van der Waals surface area contributed by atoms with Gasteiger partial charge in [-0.1, -0.05) is 0 Å². The third-order valence-electron chi connectivity index (χ3n) is 3.54. The highest BCUT2D eigenvalue weighted by Gasteiger charge is 2.40. The minimum Gasteiger partial charge on any atom is -0.468 e. The Balaban J connectivity index is 1.28. The summed E-state index contributed by atoms with van der Waals surface area (Å²) in [6.07, 6.45) is 1.68. The van der Waals surface area contributed by atoms with E-state index in [1.54, 1.807) is 18.0 Å². The maximum absolute atomic E-state index is 12.0. The summed E-state index contributed by atoms with van der Waals surface area (Å²) in [5, 5.41) is 2.98. The number of nitrogens with zero attached hydrogens (tertiary/aromatic N) is 1. The molecular formula is C16H20N2O3S. The molecule has 0 aromatic carbocycles. The van der Waals surface area contributed by atoms with Gasteiger partial charge in [-0.05, 0) is 31.2 Å².